The van der Waals surface area contributed by atoms with Crippen LogP contribution in [0.25, 0.3) is 0 Å². The fraction of sp³-hybridized carbons (Fsp3) is 0.524. The van der Waals surface area contributed by atoms with Crippen molar-refractivity contribution >= 4 is 29.4 Å². The summed E-state index contributed by atoms with van der Waals surface area (Å²) in [5.41, 5.74) is 0.396. The maximum Gasteiger partial charge on any atom is 0.326 e. The van der Waals surface area contributed by atoms with E-state index in [2.05, 4.69) is 5.32 Å². The number of amides is 3. The molecule has 0 spiro atoms. The van der Waals surface area contributed by atoms with Gasteiger partial charge in [-0.15, -0.1) is 0 Å². The van der Waals surface area contributed by atoms with Crippen molar-refractivity contribution < 1.29 is 33.4 Å². The third-order valence-electron chi connectivity index (χ3n) is 6.35. The number of nitrogens with one attached hydrogen (secondary N) is 1. The van der Waals surface area contributed by atoms with Crippen LogP contribution < -0.4 is 14.8 Å². The van der Waals surface area contributed by atoms with Gasteiger partial charge in [0, 0.05) is 6.07 Å². The molecule has 0 unspecified atom stereocenters. The number of hydrogen-bond donors (Lipinski definition) is 1. The SMILES string of the molecule is COc1ccc(NC(=O)COC(=O)CN2C(=O)[C@@H]3[C@H]4CC[C@@H](C4)[C@H]3C2=O)c(OC)c1. The van der Waals surface area contributed by atoms with Gasteiger partial charge in [0.15, 0.2) is 6.61 Å². The Morgan fingerprint density at radius 1 is 1.07 bits per heavy atom. The number of anilines is 1. The number of carbonyl (C=O) groups is 4. The molecule has 2 aliphatic carbocycles. The van der Waals surface area contributed by atoms with Gasteiger partial charge in [0.05, 0.1) is 31.7 Å². The largest absolute Gasteiger partial charge is 0.497 e. The fourth-order valence-electron chi connectivity index (χ4n) is 5.04. The topological polar surface area (TPSA) is 111 Å². The van der Waals surface area contributed by atoms with Gasteiger partial charge in [0.2, 0.25) is 11.8 Å². The van der Waals surface area contributed by atoms with Crippen molar-refractivity contribution in [3.63, 3.8) is 0 Å². The highest BCUT2D eigenvalue weighted by atomic mass is 16.5. The van der Waals surface area contributed by atoms with Crippen molar-refractivity contribution in [2.24, 2.45) is 23.7 Å². The van der Waals surface area contributed by atoms with Crippen molar-refractivity contribution in [2.45, 2.75) is 19.3 Å². The average Bonchev–Trinajstić information content (AvgIpc) is 3.42. The zero-order chi connectivity index (χ0) is 21.4. The Balaban J connectivity index is 1.30. The maximum atomic E-state index is 12.6. The van der Waals surface area contributed by atoms with Crippen LogP contribution in [0, 0.1) is 23.7 Å². The Kier molecular flexibility index (Phi) is 5.36. The third kappa shape index (κ3) is 3.48. The second-order valence-corrected chi connectivity index (χ2v) is 7.92. The predicted molar refractivity (Wildman–Crippen MR) is 104 cm³/mol. The van der Waals surface area contributed by atoms with Crippen molar-refractivity contribution in [3.05, 3.63) is 18.2 Å². The lowest BCUT2D eigenvalue weighted by atomic mass is 9.81. The van der Waals surface area contributed by atoms with Crippen molar-refractivity contribution in [3.8, 4) is 11.5 Å². The van der Waals surface area contributed by atoms with Crippen molar-refractivity contribution in [2.75, 3.05) is 32.7 Å². The number of imide groups is 1. The summed E-state index contributed by atoms with van der Waals surface area (Å²) in [7, 11) is 2.97. The van der Waals surface area contributed by atoms with Gasteiger partial charge < -0.3 is 19.5 Å². The van der Waals surface area contributed by atoms with Gasteiger partial charge in [0.25, 0.3) is 5.91 Å². The number of hydrogen-bond acceptors (Lipinski definition) is 7. The zero-order valence-corrected chi connectivity index (χ0v) is 16.9. The number of fused-ring (bicyclic) bond motifs is 5. The molecule has 1 aromatic rings. The monoisotopic (exact) mass is 416 g/mol. The number of carbonyl (C=O) groups excluding carboxylic acids is 4. The molecule has 2 saturated carbocycles. The molecule has 30 heavy (non-hydrogen) atoms. The van der Waals surface area contributed by atoms with E-state index in [1.165, 1.54) is 14.2 Å². The number of esters is 1. The summed E-state index contributed by atoms with van der Waals surface area (Å²) in [6.45, 7) is -0.994. The van der Waals surface area contributed by atoms with Gasteiger partial charge in [-0.3, -0.25) is 24.1 Å². The molecular formula is C21H24N2O7. The van der Waals surface area contributed by atoms with Gasteiger partial charge in [0.1, 0.15) is 18.0 Å². The number of nitrogens with zero attached hydrogens (tertiary/aromatic N) is 1. The van der Waals surface area contributed by atoms with Crippen molar-refractivity contribution in [1.29, 1.82) is 0 Å². The summed E-state index contributed by atoms with van der Waals surface area (Å²) in [6, 6.07) is 4.86. The van der Waals surface area contributed by atoms with Crippen molar-refractivity contribution in [1.82, 2.24) is 4.90 Å². The molecule has 2 bridgehead atoms. The number of likely N-dealkylation sites (tertiary alicyclic amines) is 1. The van der Waals surface area contributed by atoms with Crippen LogP contribution in [-0.2, 0) is 23.9 Å². The van der Waals surface area contributed by atoms with Crippen LogP contribution in [0.2, 0.25) is 0 Å². The first-order valence-electron chi connectivity index (χ1n) is 9.95. The Morgan fingerprint density at radius 3 is 2.33 bits per heavy atom. The van der Waals surface area contributed by atoms with E-state index in [4.69, 9.17) is 14.2 Å². The van der Waals surface area contributed by atoms with E-state index in [-0.39, 0.29) is 35.5 Å². The van der Waals surface area contributed by atoms with E-state index in [0.29, 0.717) is 17.2 Å². The summed E-state index contributed by atoms with van der Waals surface area (Å²) in [6.07, 6.45) is 2.87. The van der Waals surface area contributed by atoms with E-state index in [1.54, 1.807) is 18.2 Å². The van der Waals surface area contributed by atoms with E-state index >= 15 is 0 Å². The minimum absolute atomic E-state index is 0.253. The highest BCUT2D eigenvalue weighted by Crippen LogP contribution is 2.56. The number of rotatable bonds is 7. The molecule has 3 aliphatic rings. The number of benzene rings is 1. The minimum atomic E-state index is -0.791. The molecule has 4 atom stereocenters. The average molecular weight is 416 g/mol. The van der Waals surface area contributed by atoms with Crippen LogP contribution in [0.5, 0.6) is 11.5 Å². The Bertz CT molecular complexity index is 871. The van der Waals surface area contributed by atoms with Crippen LogP contribution in [0.15, 0.2) is 18.2 Å². The molecule has 1 aliphatic heterocycles. The van der Waals surface area contributed by atoms with E-state index in [0.717, 1.165) is 24.2 Å². The molecule has 9 heteroatoms. The van der Waals surface area contributed by atoms with E-state index < -0.39 is 25.0 Å². The minimum Gasteiger partial charge on any atom is -0.497 e. The summed E-state index contributed by atoms with van der Waals surface area (Å²) in [5.74, 6) is -1.02. The molecule has 1 heterocycles. The standard InChI is InChI=1S/C21H24N2O7/c1-28-13-5-6-14(15(8-13)29-2)22-16(24)10-30-17(25)9-23-20(26)18-11-3-4-12(7-11)19(18)21(23)27/h5-6,8,11-12,18-19H,3-4,7,9-10H2,1-2H3,(H,22,24)/t11-,12-,18+,19+/m0/s1. The highest BCUT2D eigenvalue weighted by Gasteiger charge is 2.61. The highest BCUT2D eigenvalue weighted by molar-refractivity contribution is 6.08. The third-order valence-corrected chi connectivity index (χ3v) is 6.35. The lowest BCUT2D eigenvalue weighted by molar-refractivity contribution is -0.154. The first-order chi connectivity index (χ1) is 14.4. The number of ether oxygens (including phenoxy) is 3. The predicted octanol–water partition coefficient (Wildman–Crippen LogP) is 1.22. The van der Waals surface area contributed by atoms with Crippen LogP contribution in [0.4, 0.5) is 5.69 Å². The summed E-state index contributed by atoms with van der Waals surface area (Å²) in [4.78, 5) is 50.5. The van der Waals surface area contributed by atoms with E-state index in [9.17, 15) is 19.2 Å². The molecule has 1 aromatic carbocycles. The number of methoxy groups -OCH3 is 2. The molecule has 4 rings (SSSR count). The van der Waals surface area contributed by atoms with Gasteiger partial charge in [-0.1, -0.05) is 0 Å². The summed E-state index contributed by atoms with van der Waals surface area (Å²) >= 11 is 0. The lowest BCUT2D eigenvalue weighted by Gasteiger charge is -2.19. The van der Waals surface area contributed by atoms with Crippen LogP contribution in [0.3, 0.4) is 0 Å². The zero-order valence-electron chi connectivity index (χ0n) is 16.9. The molecular weight excluding hydrogens is 392 g/mol. The second-order valence-electron chi connectivity index (χ2n) is 7.92. The normalized spacial score (nSPS) is 26.5. The van der Waals surface area contributed by atoms with Crippen LogP contribution in [0.1, 0.15) is 19.3 Å². The first-order valence-corrected chi connectivity index (χ1v) is 9.95. The maximum absolute atomic E-state index is 12.6. The van der Waals surface area contributed by atoms with Gasteiger partial charge in [-0.2, -0.15) is 0 Å². The molecule has 160 valence electrons. The quantitative estimate of drug-likeness (QED) is 0.525. The van der Waals surface area contributed by atoms with Crippen LogP contribution >= 0.6 is 0 Å². The smallest absolute Gasteiger partial charge is 0.326 e. The molecule has 3 fully saturated rings. The Hall–Kier alpha value is -3.10. The molecule has 3 amide bonds. The lowest BCUT2D eigenvalue weighted by Crippen LogP contribution is -2.38. The summed E-state index contributed by atoms with van der Waals surface area (Å²) < 4.78 is 15.3. The van der Waals surface area contributed by atoms with Gasteiger partial charge >= 0.3 is 5.97 Å². The Morgan fingerprint density at radius 2 is 1.73 bits per heavy atom. The molecule has 9 nitrogen and oxygen atoms in total. The molecule has 1 N–H and O–H groups in total. The summed E-state index contributed by atoms with van der Waals surface area (Å²) in [5, 5.41) is 2.59. The van der Waals surface area contributed by atoms with Crippen LogP contribution in [-0.4, -0.2) is 56.0 Å². The molecule has 0 radical (unpaired) electrons. The van der Waals surface area contributed by atoms with Gasteiger partial charge in [-0.05, 0) is 43.2 Å². The van der Waals surface area contributed by atoms with E-state index in [1.807, 2.05) is 0 Å². The first kappa shape index (κ1) is 20.2. The molecule has 1 saturated heterocycles. The van der Waals surface area contributed by atoms with Gasteiger partial charge in [-0.25, -0.2) is 0 Å². The fourth-order valence-corrected chi connectivity index (χ4v) is 5.04. The molecule has 0 aromatic heterocycles. The Labute approximate surface area is 173 Å². The second kappa shape index (κ2) is 7.97.